The summed E-state index contributed by atoms with van der Waals surface area (Å²) in [6.07, 6.45) is 0.967. The number of aryl methyl sites for hydroxylation is 1. The van der Waals surface area contributed by atoms with Gasteiger partial charge >= 0.3 is 0 Å². The van der Waals surface area contributed by atoms with E-state index >= 15 is 0 Å². The maximum atomic E-state index is 6.21. The number of benzene rings is 2. The predicted octanol–water partition coefficient (Wildman–Crippen LogP) is 4.51. The molecule has 0 saturated carbocycles. The number of nitrogens with two attached hydrogens (primary N) is 1. The summed E-state index contributed by atoms with van der Waals surface area (Å²) in [4.78, 5) is 2.37. The van der Waals surface area contributed by atoms with Gasteiger partial charge in [0.2, 0.25) is 0 Å². The Hall–Kier alpha value is -0.960. The third-order valence-corrected chi connectivity index (χ3v) is 4.15. The van der Waals surface area contributed by atoms with Crippen LogP contribution in [-0.4, -0.2) is 0 Å². The fourth-order valence-electron chi connectivity index (χ4n) is 1.71. The van der Waals surface area contributed by atoms with E-state index in [0.717, 1.165) is 21.9 Å². The van der Waals surface area contributed by atoms with Crippen molar-refractivity contribution in [3.8, 4) is 0 Å². The first-order valence-corrected chi connectivity index (χ1v) is 7.17. The molecular formula is C15H16ClNS. The highest BCUT2D eigenvalue weighted by atomic mass is 35.5. The van der Waals surface area contributed by atoms with Gasteiger partial charge in [-0.25, -0.2) is 0 Å². The predicted molar refractivity (Wildman–Crippen MR) is 79.3 cm³/mol. The topological polar surface area (TPSA) is 26.0 Å². The van der Waals surface area contributed by atoms with Crippen LogP contribution in [0.1, 0.15) is 18.1 Å². The molecule has 0 amide bonds. The summed E-state index contributed by atoms with van der Waals surface area (Å²) in [6, 6.07) is 14.5. The molecule has 0 fully saturated rings. The van der Waals surface area contributed by atoms with E-state index in [9.17, 15) is 0 Å². The Morgan fingerprint density at radius 2 is 1.72 bits per heavy atom. The van der Waals surface area contributed by atoms with Crippen LogP contribution in [0.15, 0.2) is 52.3 Å². The highest BCUT2D eigenvalue weighted by molar-refractivity contribution is 7.99. The van der Waals surface area contributed by atoms with Crippen molar-refractivity contribution in [2.75, 3.05) is 0 Å². The largest absolute Gasteiger partial charge is 0.326 e. The highest BCUT2D eigenvalue weighted by Crippen LogP contribution is 2.31. The van der Waals surface area contributed by atoms with Crippen LogP contribution in [0.2, 0.25) is 5.02 Å². The van der Waals surface area contributed by atoms with Crippen LogP contribution in [0.5, 0.6) is 0 Å². The van der Waals surface area contributed by atoms with Gasteiger partial charge in [0.05, 0.1) is 0 Å². The molecule has 3 heteroatoms. The third-order valence-electron chi connectivity index (χ3n) is 2.80. The fourth-order valence-corrected chi connectivity index (χ4v) is 2.94. The standard InChI is InChI=1S/C15H16ClNS/c1-2-12-5-8-14(9-15(12)16)18-13-6-3-11(10-17)4-7-13/h3-9H,2,10,17H2,1H3. The van der Waals surface area contributed by atoms with Gasteiger partial charge in [0.1, 0.15) is 0 Å². The molecule has 2 aromatic carbocycles. The zero-order valence-corrected chi connectivity index (χ0v) is 11.9. The Bertz CT molecular complexity index is 523. The molecule has 0 aliphatic heterocycles. The molecule has 94 valence electrons. The van der Waals surface area contributed by atoms with Gasteiger partial charge in [-0.05, 0) is 41.8 Å². The Labute approximate surface area is 117 Å². The molecule has 0 heterocycles. The zero-order chi connectivity index (χ0) is 13.0. The molecule has 0 aliphatic carbocycles. The normalized spacial score (nSPS) is 10.6. The fraction of sp³-hybridized carbons (Fsp3) is 0.200. The van der Waals surface area contributed by atoms with Gasteiger partial charge in [0.15, 0.2) is 0 Å². The third kappa shape index (κ3) is 3.29. The summed E-state index contributed by atoms with van der Waals surface area (Å²) in [7, 11) is 0. The maximum Gasteiger partial charge on any atom is 0.0449 e. The molecule has 0 aliphatic rings. The molecule has 18 heavy (non-hydrogen) atoms. The first kappa shape index (κ1) is 13.5. The average Bonchev–Trinajstić information content (AvgIpc) is 2.40. The molecular weight excluding hydrogens is 262 g/mol. The minimum atomic E-state index is 0.585. The van der Waals surface area contributed by atoms with E-state index in [0.29, 0.717) is 6.54 Å². The quantitative estimate of drug-likeness (QED) is 0.890. The summed E-state index contributed by atoms with van der Waals surface area (Å²) in [5.74, 6) is 0. The zero-order valence-electron chi connectivity index (χ0n) is 10.3. The van der Waals surface area contributed by atoms with E-state index in [1.165, 1.54) is 10.5 Å². The van der Waals surface area contributed by atoms with E-state index < -0.39 is 0 Å². The SMILES string of the molecule is CCc1ccc(Sc2ccc(CN)cc2)cc1Cl. The first-order valence-electron chi connectivity index (χ1n) is 5.98. The number of hydrogen-bond acceptors (Lipinski definition) is 2. The van der Waals surface area contributed by atoms with E-state index in [-0.39, 0.29) is 0 Å². The van der Waals surface area contributed by atoms with Crippen molar-refractivity contribution in [1.82, 2.24) is 0 Å². The van der Waals surface area contributed by atoms with Crippen molar-refractivity contribution in [3.05, 3.63) is 58.6 Å². The molecule has 0 bridgehead atoms. The maximum absolute atomic E-state index is 6.21. The number of hydrogen-bond donors (Lipinski definition) is 1. The van der Waals surface area contributed by atoms with Crippen LogP contribution in [0.25, 0.3) is 0 Å². The van der Waals surface area contributed by atoms with E-state index in [2.05, 4.69) is 43.3 Å². The Balaban J connectivity index is 2.15. The Kier molecular flexibility index (Phi) is 4.70. The van der Waals surface area contributed by atoms with Gasteiger partial charge in [0.25, 0.3) is 0 Å². The Morgan fingerprint density at radius 3 is 2.28 bits per heavy atom. The van der Waals surface area contributed by atoms with Crippen molar-refractivity contribution in [2.24, 2.45) is 5.73 Å². The molecule has 0 spiro atoms. The van der Waals surface area contributed by atoms with Crippen molar-refractivity contribution in [2.45, 2.75) is 29.7 Å². The second kappa shape index (κ2) is 6.28. The molecule has 2 rings (SSSR count). The Morgan fingerprint density at radius 1 is 1.06 bits per heavy atom. The van der Waals surface area contributed by atoms with Crippen molar-refractivity contribution < 1.29 is 0 Å². The lowest BCUT2D eigenvalue weighted by atomic mass is 10.2. The first-order chi connectivity index (χ1) is 8.72. The van der Waals surface area contributed by atoms with Crippen molar-refractivity contribution in [1.29, 1.82) is 0 Å². The second-order valence-electron chi connectivity index (χ2n) is 4.06. The second-order valence-corrected chi connectivity index (χ2v) is 5.61. The van der Waals surface area contributed by atoms with Crippen LogP contribution in [0, 0.1) is 0 Å². The molecule has 1 nitrogen and oxygen atoms in total. The average molecular weight is 278 g/mol. The monoisotopic (exact) mass is 277 g/mol. The van der Waals surface area contributed by atoms with Crippen LogP contribution >= 0.6 is 23.4 Å². The lowest BCUT2D eigenvalue weighted by Crippen LogP contribution is -1.94. The van der Waals surface area contributed by atoms with Crippen LogP contribution < -0.4 is 5.73 Å². The molecule has 2 aromatic rings. The summed E-state index contributed by atoms with van der Waals surface area (Å²) in [6.45, 7) is 2.70. The summed E-state index contributed by atoms with van der Waals surface area (Å²) in [5, 5.41) is 0.848. The van der Waals surface area contributed by atoms with Gasteiger partial charge in [-0.3, -0.25) is 0 Å². The van der Waals surface area contributed by atoms with Crippen molar-refractivity contribution >= 4 is 23.4 Å². The minimum absolute atomic E-state index is 0.585. The van der Waals surface area contributed by atoms with E-state index in [4.69, 9.17) is 17.3 Å². The van der Waals surface area contributed by atoms with Gasteiger partial charge in [-0.2, -0.15) is 0 Å². The lowest BCUT2D eigenvalue weighted by Gasteiger charge is -2.06. The molecule has 0 saturated heterocycles. The molecule has 0 aromatic heterocycles. The molecule has 0 unspecified atom stereocenters. The molecule has 2 N–H and O–H groups in total. The summed E-state index contributed by atoms with van der Waals surface area (Å²) < 4.78 is 0. The highest BCUT2D eigenvalue weighted by Gasteiger charge is 2.02. The van der Waals surface area contributed by atoms with Crippen molar-refractivity contribution in [3.63, 3.8) is 0 Å². The minimum Gasteiger partial charge on any atom is -0.326 e. The summed E-state index contributed by atoms with van der Waals surface area (Å²) >= 11 is 7.93. The van der Waals surface area contributed by atoms with Gasteiger partial charge < -0.3 is 5.73 Å². The van der Waals surface area contributed by atoms with Gasteiger partial charge in [-0.1, -0.05) is 48.5 Å². The summed E-state index contributed by atoms with van der Waals surface area (Å²) in [5.41, 5.74) is 7.93. The number of halogens is 1. The van der Waals surface area contributed by atoms with Gasteiger partial charge in [-0.15, -0.1) is 0 Å². The smallest absolute Gasteiger partial charge is 0.0449 e. The molecule has 0 radical (unpaired) electrons. The van der Waals surface area contributed by atoms with Crippen LogP contribution in [0.4, 0.5) is 0 Å². The number of rotatable bonds is 4. The van der Waals surface area contributed by atoms with E-state index in [1.54, 1.807) is 11.8 Å². The van der Waals surface area contributed by atoms with Gasteiger partial charge in [0, 0.05) is 21.4 Å². The van der Waals surface area contributed by atoms with Crippen LogP contribution in [0.3, 0.4) is 0 Å². The lowest BCUT2D eigenvalue weighted by molar-refractivity contribution is 1.07. The molecule has 0 atom stereocenters. The van der Waals surface area contributed by atoms with Crippen LogP contribution in [-0.2, 0) is 13.0 Å². The van der Waals surface area contributed by atoms with E-state index in [1.807, 2.05) is 6.07 Å².